The van der Waals surface area contributed by atoms with E-state index in [9.17, 15) is 4.79 Å². The van der Waals surface area contributed by atoms with Crippen LogP contribution in [0.5, 0.6) is 0 Å². The Morgan fingerprint density at radius 2 is 1.97 bits per heavy atom. The Labute approximate surface area is 174 Å². The van der Waals surface area contributed by atoms with E-state index in [1.165, 1.54) is 0 Å². The van der Waals surface area contributed by atoms with Crippen LogP contribution >= 0.6 is 0 Å². The number of piperidine rings is 1. The lowest BCUT2D eigenvalue weighted by Crippen LogP contribution is -2.40. The summed E-state index contributed by atoms with van der Waals surface area (Å²) >= 11 is 0. The first-order valence-electron chi connectivity index (χ1n) is 10.2. The number of tetrazole rings is 1. The fraction of sp³-hybridized carbons (Fsp3) is 0.318. The third-order valence-corrected chi connectivity index (χ3v) is 5.87. The van der Waals surface area contributed by atoms with Gasteiger partial charge in [-0.05, 0) is 53.1 Å². The number of aromatic nitrogens is 6. The van der Waals surface area contributed by atoms with Gasteiger partial charge >= 0.3 is 0 Å². The highest BCUT2D eigenvalue weighted by Gasteiger charge is 2.27. The first kappa shape index (κ1) is 18.5. The summed E-state index contributed by atoms with van der Waals surface area (Å²) in [4.78, 5) is 19.8. The van der Waals surface area contributed by atoms with Crippen LogP contribution < -0.4 is 0 Å². The first-order valence-corrected chi connectivity index (χ1v) is 10.2. The zero-order chi connectivity index (χ0) is 20.5. The molecule has 1 saturated heterocycles. The number of hydrogen-bond acceptors (Lipinski definition) is 5. The summed E-state index contributed by atoms with van der Waals surface area (Å²) in [6.45, 7) is 1.53. The van der Waals surface area contributed by atoms with Crippen molar-refractivity contribution < 1.29 is 4.79 Å². The molecule has 1 unspecified atom stereocenters. The van der Waals surface area contributed by atoms with Crippen molar-refractivity contribution in [3.05, 3.63) is 66.2 Å². The molecule has 152 valence electrons. The van der Waals surface area contributed by atoms with Crippen LogP contribution in [-0.2, 0) is 18.3 Å². The van der Waals surface area contributed by atoms with Crippen molar-refractivity contribution >= 4 is 16.9 Å². The molecule has 3 heterocycles. The lowest BCUT2D eigenvalue weighted by molar-refractivity contribution is -0.131. The summed E-state index contributed by atoms with van der Waals surface area (Å²) < 4.78 is 3.77. The summed E-state index contributed by atoms with van der Waals surface area (Å²) in [7, 11) is 2.07. The maximum Gasteiger partial charge on any atom is 0.227 e. The Balaban J connectivity index is 1.28. The highest BCUT2D eigenvalue weighted by atomic mass is 16.2. The van der Waals surface area contributed by atoms with Gasteiger partial charge in [0.15, 0.2) is 0 Å². The predicted molar refractivity (Wildman–Crippen MR) is 112 cm³/mol. The number of hydrogen-bond donors (Lipinski definition) is 0. The number of rotatable bonds is 4. The molecule has 1 aliphatic rings. The molecule has 1 aliphatic heterocycles. The second-order valence-corrected chi connectivity index (χ2v) is 7.79. The number of benzene rings is 2. The highest BCUT2D eigenvalue weighted by Crippen LogP contribution is 2.29. The highest BCUT2D eigenvalue weighted by molar-refractivity contribution is 5.79. The third kappa shape index (κ3) is 3.45. The largest absolute Gasteiger partial charge is 0.342 e. The van der Waals surface area contributed by atoms with E-state index < -0.39 is 0 Å². The molecule has 1 atom stereocenters. The van der Waals surface area contributed by atoms with Gasteiger partial charge in [0.05, 0.1) is 23.1 Å². The van der Waals surface area contributed by atoms with Gasteiger partial charge in [0.25, 0.3) is 0 Å². The van der Waals surface area contributed by atoms with Crippen LogP contribution in [0.2, 0.25) is 0 Å². The Hall–Kier alpha value is -3.55. The molecule has 0 saturated carbocycles. The lowest BCUT2D eigenvalue weighted by Gasteiger charge is -2.32. The van der Waals surface area contributed by atoms with Crippen LogP contribution in [-0.4, -0.2) is 53.7 Å². The van der Waals surface area contributed by atoms with Crippen LogP contribution in [0, 0.1) is 0 Å². The van der Waals surface area contributed by atoms with Gasteiger partial charge in [-0.1, -0.05) is 24.3 Å². The number of fused-ring (bicyclic) bond motifs is 1. The molecule has 0 radical (unpaired) electrons. The van der Waals surface area contributed by atoms with Gasteiger partial charge in [-0.3, -0.25) is 4.79 Å². The van der Waals surface area contributed by atoms with Crippen molar-refractivity contribution in [2.24, 2.45) is 7.05 Å². The second-order valence-electron chi connectivity index (χ2n) is 7.79. The quantitative estimate of drug-likeness (QED) is 0.525. The van der Waals surface area contributed by atoms with Gasteiger partial charge in [0, 0.05) is 26.1 Å². The number of likely N-dealkylation sites (tertiary alicyclic amines) is 1. The van der Waals surface area contributed by atoms with Crippen LogP contribution in [0.15, 0.2) is 54.9 Å². The van der Waals surface area contributed by atoms with Gasteiger partial charge in [-0.25, -0.2) is 9.67 Å². The molecule has 5 rings (SSSR count). The molecule has 1 fully saturated rings. The third-order valence-electron chi connectivity index (χ3n) is 5.87. The van der Waals surface area contributed by atoms with Crippen LogP contribution in [0.25, 0.3) is 16.7 Å². The van der Waals surface area contributed by atoms with E-state index in [0.29, 0.717) is 6.42 Å². The van der Waals surface area contributed by atoms with Crippen molar-refractivity contribution in [2.75, 3.05) is 13.1 Å². The Morgan fingerprint density at radius 3 is 2.73 bits per heavy atom. The number of carbonyl (C=O) groups excluding carboxylic acids is 1. The molecule has 8 nitrogen and oxygen atoms in total. The summed E-state index contributed by atoms with van der Waals surface area (Å²) in [6, 6.07) is 16.0. The summed E-state index contributed by atoms with van der Waals surface area (Å²) in [5.41, 5.74) is 4.01. The minimum atomic E-state index is 0.161. The zero-order valence-corrected chi connectivity index (χ0v) is 16.8. The SMILES string of the molecule is Cn1c(C2CCCN(C(=O)Cc3ccc(-n4cnnn4)cc3)C2)nc2ccccc21. The molecule has 2 aromatic carbocycles. The van der Waals surface area contributed by atoms with E-state index in [2.05, 4.69) is 33.2 Å². The average molecular weight is 401 g/mol. The predicted octanol–water partition coefficient (Wildman–Crippen LogP) is 2.50. The number of carbonyl (C=O) groups is 1. The van der Waals surface area contributed by atoms with E-state index in [-0.39, 0.29) is 11.8 Å². The molecule has 1 amide bonds. The molecule has 4 aromatic rings. The summed E-state index contributed by atoms with van der Waals surface area (Å²) in [6.07, 6.45) is 4.00. The minimum absolute atomic E-state index is 0.161. The zero-order valence-electron chi connectivity index (χ0n) is 16.8. The Bertz CT molecular complexity index is 1160. The number of nitrogens with zero attached hydrogens (tertiary/aromatic N) is 7. The van der Waals surface area contributed by atoms with Gasteiger partial charge < -0.3 is 9.47 Å². The van der Waals surface area contributed by atoms with E-state index >= 15 is 0 Å². The van der Waals surface area contributed by atoms with E-state index in [0.717, 1.165) is 54.0 Å². The van der Waals surface area contributed by atoms with Crippen molar-refractivity contribution in [3.8, 4) is 5.69 Å². The molecular weight excluding hydrogens is 378 g/mol. The normalized spacial score (nSPS) is 16.8. The van der Waals surface area contributed by atoms with Gasteiger partial charge in [0.2, 0.25) is 5.91 Å². The van der Waals surface area contributed by atoms with Crippen molar-refractivity contribution in [2.45, 2.75) is 25.2 Å². The Morgan fingerprint density at radius 1 is 1.13 bits per heavy atom. The lowest BCUT2D eigenvalue weighted by atomic mass is 9.96. The molecule has 0 spiro atoms. The van der Waals surface area contributed by atoms with Crippen LogP contribution in [0.4, 0.5) is 0 Å². The fourth-order valence-electron chi connectivity index (χ4n) is 4.28. The molecule has 0 aliphatic carbocycles. The summed E-state index contributed by atoms with van der Waals surface area (Å²) in [5, 5.41) is 11.2. The maximum absolute atomic E-state index is 13.0. The topological polar surface area (TPSA) is 81.7 Å². The monoisotopic (exact) mass is 401 g/mol. The Kier molecular flexibility index (Phi) is 4.74. The summed E-state index contributed by atoms with van der Waals surface area (Å²) in [5.74, 6) is 1.50. The van der Waals surface area contributed by atoms with Crippen molar-refractivity contribution in [1.82, 2.24) is 34.7 Å². The van der Waals surface area contributed by atoms with Crippen molar-refractivity contribution in [3.63, 3.8) is 0 Å². The molecule has 0 N–H and O–H groups in total. The maximum atomic E-state index is 13.0. The average Bonchev–Trinajstić information content (AvgIpc) is 3.43. The molecular formula is C22H23N7O. The van der Waals surface area contributed by atoms with Crippen LogP contribution in [0.3, 0.4) is 0 Å². The smallest absolute Gasteiger partial charge is 0.227 e. The van der Waals surface area contributed by atoms with Gasteiger partial charge in [-0.15, -0.1) is 5.10 Å². The van der Waals surface area contributed by atoms with Crippen LogP contribution in [0.1, 0.15) is 30.1 Å². The molecule has 8 heteroatoms. The second kappa shape index (κ2) is 7.70. The molecule has 2 aromatic heterocycles. The van der Waals surface area contributed by atoms with Gasteiger partial charge in [-0.2, -0.15) is 0 Å². The molecule has 30 heavy (non-hydrogen) atoms. The fourth-order valence-corrected chi connectivity index (χ4v) is 4.28. The van der Waals surface area contributed by atoms with Crippen molar-refractivity contribution in [1.29, 1.82) is 0 Å². The number of amides is 1. The van der Waals surface area contributed by atoms with E-state index in [1.54, 1.807) is 11.0 Å². The number of aryl methyl sites for hydroxylation is 1. The number of para-hydroxylation sites is 2. The number of imidazole rings is 1. The van der Waals surface area contributed by atoms with Gasteiger partial charge in [0.1, 0.15) is 12.2 Å². The minimum Gasteiger partial charge on any atom is -0.342 e. The van der Waals surface area contributed by atoms with E-state index in [1.807, 2.05) is 47.4 Å². The first-order chi connectivity index (χ1) is 14.7. The van der Waals surface area contributed by atoms with E-state index in [4.69, 9.17) is 4.98 Å². The molecule has 0 bridgehead atoms. The standard InChI is InChI=1S/C22H23N7O/c1-27-20-7-3-2-6-19(20)24-22(27)17-5-4-12-28(14-17)21(30)13-16-8-10-18(11-9-16)29-15-23-25-26-29/h2-3,6-11,15,17H,4-5,12-14H2,1H3.